The van der Waals surface area contributed by atoms with Crippen LogP contribution in [0.25, 0.3) is 20.8 Å². The molecule has 90 valence electrons. The SMILES string of the molecule is Nc1cc(-c2nc3cc(Cl)ccc3s2)ccc1F. The Labute approximate surface area is 112 Å². The van der Waals surface area contributed by atoms with Gasteiger partial charge in [-0.15, -0.1) is 11.3 Å². The normalized spacial score (nSPS) is 11.0. The van der Waals surface area contributed by atoms with Crippen molar-refractivity contribution in [2.75, 3.05) is 5.73 Å². The first-order chi connectivity index (χ1) is 8.63. The second kappa shape index (κ2) is 4.23. The highest BCUT2D eigenvalue weighted by Crippen LogP contribution is 2.32. The molecule has 0 aliphatic rings. The van der Waals surface area contributed by atoms with Crippen molar-refractivity contribution in [1.82, 2.24) is 4.98 Å². The van der Waals surface area contributed by atoms with Crippen LogP contribution in [0.4, 0.5) is 10.1 Å². The van der Waals surface area contributed by atoms with Crippen LogP contribution in [0, 0.1) is 5.82 Å². The predicted octanol–water partition coefficient (Wildman–Crippen LogP) is 4.34. The molecule has 0 amide bonds. The number of aromatic nitrogens is 1. The van der Waals surface area contributed by atoms with E-state index in [-0.39, 0.29) is 5.69 Å². The fraction of sp³-hybridized carbons (Fsp3) is 0. The van der Waals surface area contributed by atoms with Crippen LogP contribution in [-0.4, -0.2) is 4.98 Å². The Morgan fingerprint density at radius 3 is 2.78 bits per heavy atom. The number of nitrogens with zero attached hydrogens (tertiary/aromatic N) is 1. The summed E-state index contributed by atoms with van der Waals surface area (Å²) in [4.78, 5) is 4.47. The maximum absolute atomic E-state index is 13.1. The van der Waals surface area contributed by atoms with Gasteiger partial charge in [0.05, 0.1) is 15.9 Å². The molecular weight excluding hydrogens is 271 g/mol. The summed E-state index contributed by atoms with van der Waals surface area (Å²) >= 11 is 7.44. The van der Waals surface area contributed by atoms with E-state index in [1.165, 1.54) is 17.4 Å². The van der Waals surface area contributed by atoms with E-state index in [4.69, 9.17) is 17.3 Å². The van der Waals surface area contributed by atoms with E-state index in [0.717, 1.165) is 20.8 Å². The van der Waals surface area contributed by atoms with Crippen LogP contribution >= 0.6 is 22.9 Å². The van der Waals surface area contributed by atoms with E-state index < -0.39 is 5.82 Å². The van der Waals surface area contributed by atoms with Gasteiger partial charge in [-0.3, -0.25) is 0 Å². The lowest BCUT2D eigenvalue weighted by molar-refractivity contribution is 0.632. The molecule has 0 bridgehead atoms. The van der Waals surface area contributed by atoms with Crippen molar-refractivity contribution >= 4 is 38.8 Å². The molecule has 0 atom stereocenters. The van der Waals surface area contributed by atoms with Crippen molar-refractivity contribution in [3.63, 3.8) is 0 Å². The molecule has 1 aromatic heterocycles. The third-order valence-electron chi connectivity index (χ3n) is 2.59. The number of fused-ring (bicyclic) bond motifs is 1. The van der Waals surface area contributed by atoms with E-state index in [2.05, 4.69) is 4.98 Å². The van der Waals surface area contributed by atoms with Crippen LogP contribution in [0.1, 0.15) is 0 Å². The van der Waals surface area contributed by atoms with Crippen LogP contribution in [0.15, 0.2) is 36.4 Å². The average Bonchev–Trinajstić information content (AvgIpc) is 2.75. The van der Waals surface area contributed by atoms with Crippen molar-refractivity contribution in [3.05, 3.63) is 47.2 Å². The van der Waals surface area contributed by atoms with E-state index in [0.29, 0.717) is 5.02 Å². The lowest BCUT2D eigenvalue weighted by Crippen LogP contribution is -1.90. The number of anilines is 1. The highest BCUT2D eigenvalue weighted by Gasteiger charge is 2.08. The van der Waals surface area contributed by atoms with Gasteiger partial charge < -0.3 is 5.73 Å². The highest BCUT2D eigenvalue weighted by atomic mass is 35.5. The van der Waals surface area contributed by atoms with E-state index in [1.54, 1.807) is 12.1 Å². The van der Waals surface area contributed by atoms with Gasteiger partial charge in [0.2, 0.25) is 0 Å². The second-order valence-corrected chi connectivity index (χ2v) is 5.33. The number of benzene rings is 2. The Kier molecular flexibility index (Phi) is 2.69. The number of rotatable bonds is 1. The van der Waals surface area contributed by atoms with Gasteiger partial charge in [-0.2, -0.15) is 0 Å². The summed E-state index contributed by atoms with van der Waals surface area (Å²) in [5.41, 5.74) is 7.34. The minimum atomic E-state index is -0.414. The molecule has 0 saturated carbocycles. The molecule has 0 unspecified atom stereocenters. The third-order valence-corrected chi connectivity index (χ3v) is 3.91. The molecule has 2 nitrogen and oxygen atoms in total. The molecule has 3 aromatic rings. The molecule has 0 spiro atoms. The number of nitrogen functional groups attached to an aromatic ring is 1. The summed E-state index contributed by atoms with van der Waals surface area (Å²) in [6, 6.07) is 10.2. The highest BCUT2D eigenvalue weighted by molar-refractivity contribution is 7.21. The molecular formula is C13H8ClFN2S. The van der Waals surface area contributed by atoms with Crippen molar-refractivity contribution in [1.29, 1.82) is 0 Å². The fourth-order valence-electron chi connectivity index (χ4n) is 1.70. The van der Waals surface area contributed by atoms with Gasteiger partial charge in [0.1, 0.15) is 10.8 Å². The molecule has 0 aliphatic carbocycles. The van der Waals surface area contributed by atoms with Gasteiger partial charge in [0.25, 0.3) is 0 Å². The number of hydrogen-bond acceptors (Lipinski definition) is 3. The van der Waals surface area contributed by atoms with Crippen LogP contribution in [-0.2, 0) is 0 Å². The summed E-state index contributed by atoms with van der Waals surface area (Å²) in [5.74, 6) is -0.414. The zero-order valence-electron chi connectivity index (χ0n) is 9.15. The van der Waals surface area contributed by atoms with Gasteiger partial charge in [-0.25, -0.2) is 9.37 Å². The Balaban J connectivity index is 2.16. The fourth-order valence-corrected chi connectivity index (χ4v) is 2.81. The smallest absolute Gasteiger partial charge is 0.146 e. The quantitative estimate of drug-likeness (QED) is 0.673. The molecule has 2 aromatic carbocycles. The van der Waals surface area contributed by atoms with Gasteiger partial charge in [-0.05, 0) is 36.4 Å². The van der Waals surface area contributed by atoms with Gasteiger partial charge in [0.15, 0.2) is 0 Å². The first-order valence-corrected chi connectivity index (χ1v) is 6.44. The second-order valence-electron chi connectivity index (χ2n) is 3.87. The van der Waals surface area contributed by atoms with E-state index in [1.807, 2.05) is 18.2 Å². The van der Waals surface area contributed by atoms with Crippen LogP contribution < -0.4 is 5.73 Å². The number of thiazole rings is 1. The van der Waals surface area contributed by atoms with Crippen molar-refractivity contribution in [2.24, 2.45) is 0 Å². The maximum atomic E-state index is 13.1. The lowest BCUT2D eigenvalue weighted by atomic mass is 10.2. The number of halogens is 2. The third kappa shape index (κ3) is 1.94. The van der Waals surface area contributed by atoms with E-state index >= 15 is 0 Å². The maximum Gasteiger partial charge on any atom is 0.146 e. The molecule has 2 N–H and O–H groups in total. The first kappa shape index (κ1) is 11.4. The van der Waals surface area contributed by atoms with Crippen molar-refractivity contribution in [2.45, 2.75) is 0 Å². The molecule has 0 aliphatic heterocycles. The van der Waals surface area contributed by atoms with Gasteiger partial charge in [-0.1, -0.05) is 11.6 Å². The monoisotopic (exact) mass is 278 g/mol. The molecule has 0 radical (unpaired) electrons. The zero-order chi connectivity index (χ0) is 12.7. The first-order valence-electron chi connectivity index (χ1n) is 5.25. The van der Waals surface area contributed by atoms with E-state index in [9.17, 15) is 4.39 Å². The summed E-state index contributed by atoms with van der Waals surface area (Å²) in [7, 11) is 0. The molecule has 3 rings (SSSR count). The topological polar surface area (TPSA) is 38.9 Å². The number of hydrogen-bond donors (Lipinski definition) is 1. The standard InChI is InChI=1S/C13H8ClFN2S/c14-8-2-4-12-11(6-8)17-13(18-12)7-1-3-9(15)10(16)5-7/h1-6H,16H2. The van der Waals surface area contributed by atoms with Crippen molar-refractivity contribution < 1.29 is 4.39 Å². The zero-order valence-corrected chi connectivity index (χ0v) is 10.7. The molecule has 0 saturated heterocycles. The largest absolute Gasteiger partial charge is 0.396 e. The van der Waals surface area contributed by atoms with Crippen LogP contribution in [0.5, 0.6) is 0 Å². The van der Waals surface area contributed by atoms with Crippen LogP contribution in [0.2, 0.25) is 5.02 Å². The summed E-state index contributed by atoms with van der Waals surface area (Å²) in [6.45, 7) is 0. The van der Waals surface area contributed by atoms with Crippen molar-refractivity contribution in [3.8, 4) is 10.6 Å². The Morgan fingerprint density at radius 2 is 2.00 bits per heavy atom. The molecule has 1 heterocycles. The minimum Gasteiger partial charge on any atom is -0.396 e. The molecule has 0 fully saturated rings. The lowest BCUT2D eigenvalue weighted by Gasteiger charge is -1.99. The Morgan fingerprint density at radius 1 is 1.17 bits per heavy atom. The summed E-state index contributed by atoms with van der Waals surface area (Å²) in [5, 5.41) is 1.46. The Bertz CT molecular complexity index is 739. The van der Waals surface area contributed by atoms with Gasteiger partial charge in [0, 0.05) is 10.6 Å². The minimum absolute atomic E-state index is 0.129. The summed E-state index contributed by atoms with van der Waals surface area (Å²) < 4.78 is 14.2. The average molecular weight is 279 g/mol. The number of nitrogens with two attached hydrogens (primary N) is 1. The predicted molar refractivity (Wildman–Crippen MR) is 74.4 cm³/mol. The molecule has 18 heavy (non-hydrogen) atoms. The Hall–Kier alpha value is -1.65. The van der Waals surface area contributed by atoms with Gasteiger partial charge >= 0.3 is 0 Å². The van der Waals surface area contributed by atoms with Crippen LogP contribution in [0.3, 0.4) is 0 Å². The molecule has 5 heteroatoms. The summed E-state index contributed by atoms with van der Waals surface area (Å²) in [6.07, 6.45) is 0.